The summed E-state index contributed by atoms with van der Waals surface area (Å²) < 4.78 is 5.24. The van der Waals surface area contributed by atoms with Crippen LogP contribution in [0, 0.1) is 0 Å². The minimum Gasteiger partial charge on any atom is -0.468 e. The van der Waals surface area contributed by atoms with Crippen LogP contribution in [0.5, 0.6) is 0 Å². The molecule has 1 aliphatic heterocycles. The molecule has 1 aliphatic rings. The van der Waals surface area contributed by atoms with E-state index in [1.165, 1.54) is 7.11 Å². The number of hydrogen-bond acceptors (Lipinski definition) is 3. The van der Waals surface area contributed by atoms with E-state index in [-0.39, 0.29) is 12.0 Å². The maximum atomic E-state index is 12.9. The molecule has 0 amide bonds. The van der Waals surface area contributed by atoms with Crippen molar-refractivity contribution in [2.24, 2.45) is 0 Å². The van der Waals surface area contributed by atoms with Crippen LogP contribution in [0.2, 0.25) is 0 Å². The largest absolute Gasteiger partial charge is 0.468 e. The molecule has 0 saturated carbocycles. The minimum absolute atomic E-state index is 0.156. The summed E-state index contributed by atoms with van der Waals surface area (Å²) >= 11 is 0. The summed E-state index contributed by atoms with van der Waals surface area (Å²) in [6.45, 7) is 0.832. The number of rotatable bonds is 5. The van der Waals surface area contributed by atoms with E-state index < -0.39 is 5.54 Å². The van der Waals surface area contributed by atoms with Crippen molar-refractivity contribution in [2.45, 2.75) is 30.8 Å². The fourth-order valence-corrected chi connectivity index (χ4v) is 4.75. The summed E-state index contributed by atoms with van der Waals surface area (Å²) in [6.07, 6.45) is 2.90. The molecule has 0 spiro atoms. The monoisotopic (exact) mass is 385 g/mol. The molecule has 148 valence electrons. The second-order valence-electron chi connectivity index (χ2n) is 7.54. The van der Waals surface area contributed by atoms with Gasteiger partial charge in [0, 0.05) is 6.54 Å². The lowest BCUT2D eigenvalue weighted by molar-refractivity contribution is -0.150. The predicted octanol–water partition coefficient (Wildman–Crippen LogP) is 5.01. The number of carbonyl (C=O) groups is 1. The molecule has 3 heteroatoms. The van der Waals surface area contributed by atoms with Gasteiger partial charge in [-0.1, -0.05) is 97.4 Å². The first-order valence-electron chi connectivity index (χ1n) is 10.3. The fraction of sp³-hybridized carbons (Fsp3) is 0.269. The summed E-state index contributed by atoms with van der Waals surface area (Å²) in [5.74, 6) is -0.156. The molecule has 1 fully saturated rings. The lowest BCUT2D eigenvalue weighted by Gasteiger charge is -2.50. The van der Waals surface area contributed by atoms with E-state index >= 15 is 0 Å². The Hall–Kier alpha value is -2.91. The van der Waals surface area contributed by atoms with Crippen LogP contribution in [-0.4, -0.2) is 30.6 Å². The van der Waals surface area contributed by atoms with Crippen LogP contribution in [0.15, 0.2) is 91.0 Å². The maximum Gasteiger partial charge on any atom is 0.323 e. The van der Waals surface area contributed by atoms with E-state index in [0.29, 0.717) is 0 Å². The molecule has 1 unspecified atom stereocenters. The number of methoxy groups -OCH3 is 1. The highest BCUT2D eigenvalue weighted by Crippen LogP contribution is 2.45. The van der Waals surface area contributed by atoms with Gasteiger partial charge in [-0.15, -0.1) is 0 Å². The standard InChI is InChI=1S/C26H27NO2/c1-29-25(28)24-19-11-12-20-27(24)26(21-13-5-2-6-14-21,22-15-7-3-8-16-22)23-17-9-4-10-18-23/h2-10,13-18,24H,11-12,19-20H2,1H3. The number of piperidine rings is 1. The minimum atomic E-state index is -0.566. The Labute approximate surface area is 172 Å². The van der Waals surface area contributed by atoms with Crippen molar-refractivity contribution in [3.63, 3.8) is 0 Å². The van der Waals surface area contributed by atoms with E-state index in [9.17, 15) is 4.79 Å². The molecule has 3 nitrogen and oxygen atoms in total. The third-order valence-corrected chi connectivity index (χ3v) is 5.98. The Morgan fingerprint density at radius 1 is 0.793 bits per heavy atom. The van der Waals surface area contributed by atoms with Crippen molar-refractivity contribution < 1.29 is 9.53 Å². The first-order chi connectivity index (χ1) is 14.3. The average Bonchev–Trinajstić information content (AvgIpc) is 2.82. The Morgan fingerprint density at radius 2 is 1.24 bits per heavy atom. The van der Waals surface area contributed by atoms with Gasteiger partial charge in [0.2, 0.25) is 0 Å². The van der Waals surface area contributed by atoms with E-state index in [1.807, 2.05) is 18.2 Å². The topological polar surface area (TPSA) is 29.5 Å². The zero-order valence-electron chi connectivity index (χ0n) is 16.8. The maximum absolute atomic E-state index is 12.9. The quantitative estimate of drug-likeness (QED) is 0.457. The van der Waals surface area contributed by atoms with Gasteiger partial charge in [-0.2, -0.15) is 0 Å². The molecular formula is C26H27NO2. The van der Waals surface area contributed by atoms with Crippen LogP contribution >= 0.6 is 0 Å². The molecule has 1 saturated heterocycles. The zero-order valence-corrected chi connectivity index (χ0v) is 16.8. The third kappa shape index (κ3) is 3.47. The first-order valence-corrected chi connectivity index (χ1v) is 10.3. The summed E-state index contributed by atoms with van der Waals surface area (Å²) in [7, 11) is 1.49. The summed E-state index contributed by atoms with van der Waals surface area (Å²) in [6, 6.07) is 31.3. The van der Waals surface area contributed by atoms with Crippen LogP contribution in [0.3, 0.4) is 0 Å². The number of nitrogens with zero attached hydrogens (tertiary/aromatic N) is 1. The van der Waals surface area contributed by atoms with Crippen molar-refractivity contribution in [2.75, 3.05) is 13.7 Å². The molecule has 0 N–H and O–H groups in total. The van der Waals surface area contributed by atoms with Gasteiger partial charge in [0.1, 0.15) is 6.04 Å². The van der Waals surface area contributed by atoms with Crippen LogP contribution in [0.4, 0.5) is 0 Å². The number of esters is 1. The van der Waals surface area contributed by atoms with Crippen LogP contribution in [0.1, 0.15) is 36.0 Å². The fourth-order valence-electron chi connectivity index (χ4n) is 4.75. The van der Waals surface area contributed by atoms with E-state index in [1.54, 1.807) is 0 Å². The Balaban J connectivity index is 2.04. The molecule has 0 aliphatic carbocycles. The molecule has 29 heavy (non-hydrogen) atoms. The number of benzene rings is 3. The van der Waals surface area contributed by atoms with Crippen molar-refractivity contribution in [1.29, 1.82) is 0 Å². The summed E-state index contributed by atoms with van der Waals surface area (Å²) in [5, 5.41) is 0. The highest BCUT2D eigenvalue weighted by molar-refractivity contribution is 5.76. The van der Waals surface area contributed by atoms with Crippen molar-refractivity contribution >= 4 is 5.97 Å². The van der Waals surface area contributed by atoms with Gasteiger partial charge in [0.15, 0.2) is 0 Å². The average molecular weight is 386 g/mol. The number of likely N-dealkylation sites (tertiary alicyclic amines) is 1. The smallest absolute Gasteiger partial charge is 0.323 e. The molecule has 3 aromatic rings. The third-order valence-electron chi connectivity index (χ3n) is 5.98. The number of carbonyl (C=O) groups excluding carboxylic acids is 1. The van der Waals surface area contributed by atoms with Gasteiger partial charge in [-0.3, -0.25) is 9.69 Å². The molecule has 1 heterocycles. The highest BCUT2D eigenvalue weighted by Gasteiger charge is 2.47. The molecule has 0 bridgehead atoms. The molecule has 1 atom stereocenters. The molecule has 4 rings (SSSR count). The Kier molecular flexibility index (Phi) is 5.77. The van der Waals surface area contributed by atoms with Crippen LogP contribution in [0.25, 0.3) is 0 Å². The van der Waals surface area contributed by atoms with Crippen molar-refractivity contribution in [1.82, 2.24) is 4.90 Å². The molecule has 0 aromatic heterocycles. The summed E-state index contributed by atoms with van der Waals surface area (Å²) in [5.41, 5.74) is 2.91. The number of ether oxygens (including phenoxy) is 1. The molecule has 3 aromatic carbocycles. The molecule has 0 radical (unpaired) electrons. The van der Waals surface area contributed by atoms with Crippen molar-refractivity contribution in [3.05, 3.63) is 108 Å². The van der Waals surface area contributed by atoms with E-state index in [2.05, 4.69) is 77.7 Å². The Bertz CT molecular complexity index is 828. The van der Waals surface area contributed by atoms with Crippen LogP contribution in [-0.2, 0) is 15.1 Å². The first kappa shape index (κ1) is 19.4. The summed E-state index contributed by atoms with van der Waals surface area (Å²) in [4.78, 5) is 15.2. The van der Waals surface area contributed by atoms with Gasteiger partial charge in [0.05, 0.1) is 12.6 Å². The predicted molar refractivity (Wildman–Crippen MR) is 116 cm³/mol. The second-order valence-corrected chi connectivity index (χ2v) is 7.54. The normalized spacial score (nSPS) is 17.6. The molecular weight excluding hydrogens is 358 g/mol. The SMILES string of the molecule is COC(=O)C1CCCCN1C(c1ccccc1)(c1ccccc1)c1ccccc1. The second kappa shape index (κ2) is 8.62. The van der Waals surface area contributed by atoms with Crippen LogP contribution < -0.4 is 0 Å². The lowest BCUT2D eigenvalue weighted by atomic mass is 9.73. The number of hydrogen-bond donors (Lipinski definition) is 0. The Morgan fingerprint density at radius 3 is 1.66 bits per heavy atom. The zero-order chi connectivity index (χ0) is 20.1. The van der Waals surface area contributed by atoms with E-state index in [4.69, 9.17) is 4.74 Å². The lowest BCUT2D eigenvalue weighted by Crippen LogP contribution is -2.57. The van der Waals surface area contributed by atoms with Gasteiger partial charge in [-0.05, 0) is 29.5 Å². The highest BCUT2D eigenvalue weighted by atomic mass is 16.5. The van der Waals surface area contributed by atoms with Gasteiger partial charge >= 0.3 is 5.97 Å². The van der Waals surface area contributed by atoms with Gasteiger partial charge < -0.3 is 4.74 Å². The van der Waals surface area contributed by atoms with E-state index in [0.717, 1.165) is 42.5 Å². The van der Waals surface area contributed by atoms with Gasteiger partial charge in [0.25, 0.3) is 0 Å². The van der Waals surface area contributed by atoms with Gasteiger partial charge in [-0.25, -0.2) is 0 Å². The van der Waals surface area contributed by atoms with Crippen molar-refractivity contribution in [3.8, 4) is 0 Å².